The van der Waals surface area contributed by atoms with E-state index in [1.54, 1.807) is 13.3 Å². The maximum absolute atomic E-state index is 10.4. The van der Waals surface area contributed by atoms with Gasteiger partial charge in [-0.05, 0) is 41.5 Å². The van der Waals surface area contributed by atoms with Crippen molar-refractivity contribution in [1.82, 2.24) is 0 Å². The van der Waals surface area contributed by atoms with E-state index in [0.717, 1.165) is 6.42 Å². The first-order valence-corrected chi connectivity index (χ1v) is 8.05. The number of nitrogens with zero attached hydrogens (tertiary/aromatic N) is 1. The zero-order valence-electron chi connectivity index (χ0n) is 12.9. The number of hydrogen-bond acceptors (Lipinski definition) is 2. The van der Waals surface area contributed by atoms with Crippen LogP contribution in [0.3, 0.4) is 0 Å². The van der Waals surface area contributed by atoms with Crippen molar-refractivity contribution in [3.05, 3.63) is 70.8 Å². The highest BCUT2D eigenvalue weighted by atomic mass is 16.3. The molecule has 3 aliphatic rings. The molecule has 0 saturated heterocycles. The zero-order valence-corrected chi connectivity index (χ0v) is 12.9. The molecule has 0 heterocycles. The molecule has 0 radical (unpaired) electrons. The lowest BCUT2D eigenvalue weighted by Crippen LogP contribution is -2.42. The summed E-state index contributed by atoms with van der Waals surface area (Å²) >= 11 is 0. The summed E-state index contributed by atoms with van der Waals surface area (Å²) in [6, 6.07) is 17.6. The number of benzene rings is 2. The fourth-order valence-corrected chi connectivity index (χ4v) is 4.66. The Morgan fingerprint density at radius 1 is 1.14 bits per heavy atom. The summed E-state index contributed by atoms with van der Waals surface area (Å²) in [6.07, 6.45) is 4.16. The van der Waals surface area contributed by atoms with E-state index in [9.17, 15) is 5.11 Å². The number of fused-ring (bicyclic) bond motifs is 1. The van der Waals surface area contributed by atoms with Gasteiger partial charge in [-0.3, -0.25) is 4.99 Å². The number of aliphatic hydroxyl groups excluding tert-OH is 1. The molecule has 2 aromatic rings. The number of hydrogen-bond donors (Lipinski definition) is 1. The van der Waals surface area contributed by atoms with Crippen molar-refractivity contribution in [3.8, 4) is 0 Å². The van der Waals surface area contributed by atoms with E-state index in [2.05, 4.69) is 53.5 Å². The number of rotatable bonds is 3. The van der Waals surface area contributed by atoms with E-state index in [4.69, 9.17) is 0 Å². The number of aliphatic imine (C=N–C) groups is 1. The van der Waals surface area contributed by atoms with Gasteiger partial charge < -0.3 is 5.11 Å². The third-order valence-corrected chi connectivity index (χ3v) is 5.44. The van der Waals surface area contributed by atoms with Gasteiger partial charge in [0.1, 0.15) is 0 Å². The molecule has 2 bridgehead atoms. The quantitative estimate of drug-likeness (QED) is 0.860. The average Bonchev–Trinajstić information content (AvgIpc) is 2.56. The first-order chi connectivity index (χ1) is 10.8. The van der Waals surface area contributed by atoms with Gasteiger partial charge in [-0.1, -0.05) is 48.5 Å². The molecule has 2 nitrogen and oxygen atoms in total. The minimum atomic E-state index is -0.499. The van der Waals surface area contributed by atoms with Crippen molar-refractivity contribution < 1.29 is 5.11 Å². The molecule has 0 aliphatic heterocycles. The Labute approximate surface area is 131 Å². The maximum atomic E-state index is 10.4. The van der Waals surface area contributed by atoms with Crippen LogP contribution in [0.15, 0.2) is 53.5 Å². The molecule has 0 saturated carbocycles. The van der Waals surface area contributed by atoms with Crippen molar-refractivity contribution in [3.63, 3.8) is 0 Å². The Balaban J connectivity index is 1.93. The molecular weight excluding hydrogens is 270 g/mol. The fraction of sp³-hybridized carbons (Fsp3) is 0.350. The maximum Gasteiger partial charge on any atom is 0.0898 e. The van der Waals surface area contributed by atoms with Crippen LogP contribution in [0.25, 0.3) is 0 Å². The molecule has 0 aromatic heterocycles. The van der Waals surface area contributed by atoms with Crippen LogP contribution in [0.1, 0.15) is 47.4 Å². The van der Waals surface area contributed by atoms with E-state index >= 15 is 0 Å². The molecule has 112 valence electrons. The molecule has 1 unspecified atom stereocenters. The Hall–Kier alpha value is -1.93. The van der Waals surface area contributed by atoms with E-state index in [0.29, 0.717) is 12.3 Å². The molecule has 2 aromatic carbocycles. The van der Waals surface area contributed by atoms with Gasteiger partial charge in [0.25, 0.3) is 0 Å². The van der Waals surface area contributed by atoms with E-state index in [-0.39, 0.29) is 5.41 Å². The predicted molar refractivity (Wildman–Crippen MR) is 89.8 cm³/mol. The molecule has 0 fully saturated rings. The van der Waals surface area contributed by atoms with Crippen LogP contribution in [-0.4, -0.2) is 24.5 Å². The Bertz CT molecular complexity index is 686. The van der Waals surface area contributed by atoms with Gasteiger partial charge in [0.05, 0.1) is 6.10 Å². The van der Waals surface area contributed by atoms with Crippen LogP contribution in [0, 0.1) is 0 Å². The second-order valence-electron chi connectivity index (χ2n) is 6.53. The summed E-state index contributed by atoms with van der Waals surface area (Å²) in [6.45, 7) is 0. The summed E-state index contributed by atoms with van der Waals surface area (Å²) in [5, 5.41) is 10.4. The summed E-state index contributed by atoms with van der Waals surface area (Å²) in [4.78, 5) is 4.02. The van der Waals surface area contributed by atoms with E-state index < -0.39 is 6.10 Å². The predicted octanol–water partition coefficient (Wildman–Crippen LogP) is 3.66. The molecule has 3 aliphatic carbocycles. The largest absolute Gasteiger partial charge is 0.387 e. The number of aliphatic hydroxyl groups is 1. The van der Waals surface area contributed by atoms with Gasteiger partial charge in [0, 0.05) is 24.6 Å². The zero-order chi connectivity index (χ0) is 15.2. The molecule has 0 spiro atoms. The van der Waals surface area contributed by atoms with Crippen LogP contribution in [0.4, 0.5) is 0 Å². The van der Waals surface area contributed by atoms with Crippen LogP contribution in [-0.2, 0) is 5.41 Å². The van der Waals surface area contributed by atoms with Crippen LogP contribution in [0.2, 0.25) is 0 Å². The van der Waals surface area contributed by atoms with Gasteiger partial charge in [-0.15, -0.1) is 0 Å². The normalized spacial score (nSPS) is 26.7. The Morgan fingerprint density at radius 3 is 2.32 bits per heavy atom. The van der Waals surface area contributed by atoms with Crippen molar-refractivity contribution in [2.45, 2.75) is 36.7 Å². The smallest absolute Gasteiger partial charge is 0.0898 e. The monoisotopic (exact) mass is 291 g/mol. The molecule has 2 heteroatoms. The molecule has 1 N–H and O–H groups in total. The highest BCUT2D eigenvalue weighted by molar-refractivity contribution is 5.65. The van der Waals surface area contributed by atoms with Crippen molar-refractivity contribution in [2.24, 2.45) is 4.99 Å². The van der Waals surface area contributed by atoms with Crippen LogP contribution < -0.4 is 0 Å². The first kappa shape index (κ1) is 13.7. The van der Waals surface area contributed by atoms with Gasteiger partial charge in [-0.25, -0.2) is 0 Å². The van der Waals surface area contributed by atoms with Crippen molar-refractivity contribution >= 4 is 6.21 Å². The summed E-state index contributed by atoms with van der Waals surface area (Å²) in [7, 11) is 1.72. The Morgan fingerprint density at radius 2 is 1.73 bits per heavy atom. The third-order valence-electron chi connectivity index (χ3n) is 5.44. The molecule has 5 rings (SSSR count). The molecule has 1 atom stereocenters. The fourth-order valence-electron chi connectivity index (χ4n) is 4.66. The molecule has 22 heavy (non-hydrogen) atoms. The van der Waals surface area contributed by atoms with Gasteiger partial charge in [-0.2, -0.15) is 0 Å². The van der Waals surface area contributed by atoms with E-state index in [1.807, 2.05) is 0 Å². The van der Waals surface area contributed by atoms with Gasteiger partial charge in [0.2, 0.25) is 0 Å². The first-order valence-electron chi connectivity index (χ1n) is 8.05. The standard InChI is InChI=1S/C20H21NO/c1-21-13-14(22)12-20-11-10-15(16-6-2-4-8-18(16)20)17-7-3-5-9-19(17)20/h2-9,13-15,22H,10-12H2,1H3/b21-13-. The lowest BCUT2D eigenvalue weighted by Gasteiger charge is -2.50. The highest BCUT2D eigenvalue weighted by Crippen LogP contribution is 2.57. The Kier molecular flexibility index (Phi) is 3.16. The van der Waals surface area contributed by atoms with Crippen molar-refractivity contribution in [1.29, 1.82) is 0 Å². The minimum absolute atomic E-state index is 0.0669. The van der Waals surface area contributed by atoms with E-state index in [1.165, 1.54) is 28.7 Å². The summed E-state index contributed by atoms with van der Waals surface area (Å²) < 4.78 is 0. The summed E-state index contributed by atoms with van der Waals surface area (Å²) in [5.41, 5.74) is 5.66. The topological polar surface area (TPSA) is 32.6 Å². The van der Waals surface area contributed by atoms with Crippen molar-refractivity contribution in [2.75, 3.05) is 7.05 Å². The lowest BCUT2D eigenvalue weighted by molar-refractivity contribution is 0.189. The second-order valence-corrected chi connectivity index (χ2v) is 6.53. The highest BCUT2D eigenvalue weighted by Gasteiger charge is 2.48. The minimum Gasteiger partial charge on any atom is -0.387 e. The van der Waals surface area contributed by atoms with Crippen LogP contribution in [0.5, 0.6) is 0 Å². The van der Waals surface area contributed by atoms with Gasteiger partial charge in [0.15, 0.2) is 0 Å². The average molecular weight is 291 g/mol. The molecular formula is C20H21NO. The molecule has 0 amide bonds. The third kappa shape index (κ3) is 1.80. The van der Waals surface area contributed by atoms with Gasteiger partial charge >= 0.3 is 0 Å². The van der Waals surface area contributed by atoms with Crippen LogP contribution >= 0.6 is 0 Å². The lowest BCUT2D eigenvalue weighted by atomic mass is 9.54. The summed E-state index contributed by atoms with van der Waals surface area (Å²) in [5.74, 6) is 0.520. The second kappa shape index (κ2) is 5.06. The SMILES string of the molecule is C/N=C\C(O)CC12CCC(c3ccccc31)c1ccccc12.